The average Bonchev–Trinajstić information content (AvgIpc) is 3.14. The van der Waals surface area contributed by atoms with Gasteiger partial charge in [0, 0.05) is 25.2 Å². The van der Waals surface area contributed by atoms with Crippen LogP contribution in [0.2, 0.25) is 0 Å². The number of nitrogens with two attached hydrogens (primary N) is 1. The molecule has 0 aromatic heterocycles. The van der Waals surface area contributed by atoms with Crippen LogP contribution in [0.15, 0.2) is 18.2 Å². The van der Waals surface area contributed by atoms with Gasteiger partial charge in [-0.3, -0.25) is 9.59 Å². The molecule has 0 saturated carbocycles. The van der Waals surface area contributed by atoms with Crippen molar-refractivity contribution in [3.63, 3.8) is 0 Å². The molecule has 2 aliphatic heterocycles. The van der Waals surface area contributed by atoms with Crippen molar-refractivity contribution in [3.8, 4) is 0 Å². The summed E-state index contributed by atoms with van der Waals surface area (Å²) in [5.41, 5.74) is 7.63. The molecule has 0 spiro atoms. The topological polar surface area (TPSA) is 87.5 Å². The molecule has 2 aliphatic rings. The highest BCUT2D eigenvalue weighted by atomic mass is 35.5. The van der Waals surface area contributed by atoms with Crippen molar-refractivity contribution in [1.29, 1.82) is 0 Å². The maximum Gasteiger partial charge on any atom is 0.250 e. The number of carbonyl (C=O) groups excluding carboxylic acids is 2. The second-order valence-electron chi connectivity index (χ2n) is 7.09. The molecule has 6 nitrogen and oxygen atoms in total. The van der Waals surface area contributed by atoms with Crippen LogP contribution < -0.4 is 21.3 Å². The van der Waals surface area contributed by atoms with E-state index in [1.807, 2.05) is 6.07 Å². The third kappa shape index (κ3) is 5.35. The highest BCUT2D eigenvalue weighted by molar-refractivity contribution is 6.00. The largest absolute Gasteiger partial charge is 0.371 e. The van der Waals surface area contributed by atoms with E-state index in [9.17, 15) is 9.59 Å². The van der Waals surface area contributed by atoms with E-state index in [2.05, 4.69) is 15.5 Å². The van der Waals surface area contributed by atoms with Gasteiger partial charge < -0.3 is 21.3 Å². The smallest absolute Gasteiger partial charge is 0.250 e. The van der Waals surface area contributed by atoms with Crippen LogP contribution in [-0.4, -0.2) is 38.0 Å². The molecule has 0 aliphatic carbocycles. The Bertz CT molecular complexity index is 626. The molecule has 2 amide bonds. The van der Waals surface area contributed by atoms with Gasteiger partial charge in [-0.1, -0.05) is 0 Å². The van der Waals surface area contributed by atoms with Crippen molar-refractivity contribution in [2.24, 2.45) is 11.7 Å². The quantitative estimate of drug-likeness (QED) is 0.707. The second-order valence-corrected chi connectivity index (χ2v) is 7.09. The molecule has 1 aromatic rings. The number of halogens is 1. The molecule has 7 heteroatoms. The zero-order chi connectivity index (χ0) is 17.6. The lowest BCUT2D eigenvalue weighted by Gasteiger charge is -2.30. The number of amides is 2. The third-order valence-electron chi connectivity index (χ3n) is 5.19. The maximum absolute atomic E-state index is 12.2. The van der Waals surface area contributed by atoms with Crippen molar-refractivity contribution >= 4 is 35.6 Å². The summed E-state index contributed by atoms with van der Waals surface area (Å²) in [4.78, 5) is 26.2. The number of piperidine rings is 1. The average molecular weight is 381 g/mol. The predicted molar refractivity (Wildman–Crippen MR) is 107 cm³/mol. The minimum atomic E-state index is -0.424. The van der Waals surface area contributed by atoms with Crippen molar-refractivity contribution in [2.75, 3.05) is 36.4 Å². The summed E-state index contributed by atoms with van der Waals surface area (Å²) in [7, 11) is 0. The summed E-state index contributed by atoms with van der Waals surface area (Å²) < 4.78 is 0. The van der Waals surface area contributed by atoms with Gasteiger partial charge in [-0.25, -0.2) is 0 Å². The molecule has 2 saturated heterocycles. The van der Waals surface area contributed by atoms with Crippen LogP contribution in [0.4, 0.5) is 11.4 Å². The number of benzene rings is 1. The summed E-state index contributed by atoms with van der Waals surface area (Å²) in [6.07, 6.45) is 6.04. The Hall–Kier alpha value is -1.79. The predicted octanol–water partition coefficient (Wildman–Crippen LogP) is 2.53. The Morgan fingerprint density at radius 2 is 2.00 bits per heavy atom. The van der Waals surface area contributed by atoms with E-state index in [0.717, 1.165) is 63.2 Å². The van der Waals surface area contributed by atoms with E-state index in [1.54, 1.807) is 12.1 Å². The second kappa shape index (κ2) is 9.78. The van der Waals surface area contributed by atoms with Crippen molar-refractivity contribution in [1.82, 2.24) is 5.32 Å². The molecule has 1 aromatic carbocycles. The highest BCUT2D eigenvalue weighted by Crippen LogP contribution is 2.28. The number of carbonyl (C=O) groups is 2. The molecule has 1 unspecified atom stereocenters. The van der Waals surface area contributed by atoms with Crippen LogP contribution in [0, 0.1) is 5.92 Å². The van der Waals surface area contributed by atoms with Crippen LogP contribution in [0.1, 0.15) is 48.9 Å². The van der Waals surface area contributed by atoms with Crippen molar-refractivity contribution < 1.29 is 9.59 Å². The van der Waals surface area contributed by atoms with E-state index >= 15 is 0 Å². The molecule has 26 heavy (non-hydrogen) atoms. The van der Waals surface area contributed by atoms with Gasteiger partial charge in [0.1, 0.15) is 0 Å². The summed E-state index contributed by atoms with van der Waals surface area (Å²) in [5.74, 6) is 0.211. The Kier molecular flexibility index (Phi) is 7.72. The lowest BCUT2D eigenvalue weighted by Crippen LogP contribution is -2.31. The number of nitrogens with zero attached hydrogens (tertiary/aromatic N) is 1. The van der Waals surface area contributed by atoms with Crippen LogP contribution in [0.3, 0.4) is 0 Å². The Labute approximate surface area is 161 Å². The Balaban J connectivity index is 0.00000243. The van der Waals surface area contributed by atoms with Crippen LogP contribution in [0.25, 0.3) is 0 Å². The molecule has 0 radical (unpaired) electrons. The minimum Gasteiger partial charge on any atom is -0.371 e. The number of nitrogens with one attached hydrogen (secondary N) is 2. The van der Waals surface area contributed by atoms with Crippen LogP contribution in [-0.2, 0) is 4.79 Å². The first-order valence-corrected chi connectivity index (χ1v) is 9.33. The monoisotopic (exact) mass is 380 g/mol. The molecule has 3 rings (SSSR count). The first-order valence-electron chi connectivity index (χ1n) is 9.33. The van der Waals surface area contributed by atoms with E-state index in [4.69, 9.17) is 5.73 Å². The zero-order valence-electron chi connectivity index (χ0n) is 15.1. The summed E-state index contributed by atoms with van der Waals surface area (Å²) in [5, 5.41) is 6.30. The third-order valence-corrected chi connectivity index (χ3v) is 5.19. The Morgan fingerprint density at radius 3 is 2.65 bits per heavy atom. The lowest BCUT2D eigenvalue weighted by molar-refractivity contribution is -0.116. The SMILES string of the molecule is Cl.NC(=O)c1ccc(NC(=O)CCC2CCNC2)cc1N1CCCCC1. The van der Waals surface area contributed by atoms with E-state index in [1.165, 1.54) is 6.42 Å². The fourth-order valence-electron chi connectivity index (χ4n) is 3.73. The van der Waals surface area contributed by atoms with Gasteiger partial charge in [-0.05, 0) is 69.3 Å². The van der Waals surface area contributed by atoms with E-state index in [0.29, 0.717) is 17.9 Å². The molecule has 4 N–H and O–H groups in total. The van der Waals surface area contributed by atoms with Gasteiger partial charge in [0.25, 0.3) is 5.91 Å². The number of anilines is 2. The lowest BCUT2D eigenvalue weighted by atomic mass is 10.0. The molecule has 2 heterocycles. The maximum atomic E-state index is 12.2. The van der Waals surface area contributed by atoms with Gasteiger partial charge in [0.05, 0.1) is 11.3 Å². The Morgan fingerprint density at radius 1 is 1.23 bits per heavy atom. The number of primary amides is 1. The zero-order valence-corrected chi connectivity index (χ0v) is 15.9. The van der Waals surface area contributed by atoms with Gasteiger partial charge in [0.15, 0.2) is 0 Å². The van der Waals surface area contributed by atoms with Gasteiger partial charge in [0.2, 0.25) is 5.91 Å². The normalized spacial score (nSPS) is 19.7. The summed E-state index contributed by atoms with van der Waals surface area (Å²) >= 11 is 0. The highest BCUT2D eigenvalue weighted by Gasteiger charge is 2.19. The minimum absolute atomic E-state index is 0. The summed E-state index contributed by atoms with van der Waals surface area (Å²) in [6.45, 7) is 3.92. The van der Waals surface area contributed by atoms with Gasteiger partial charge in [-0.2, -0.15) is 0 Å². The first kappa shape index (κ1) is 20.5. The number of rotatable bonds is 6. The fraction of sp³-hybridized carbons (Fsp3) is 0.579. The van der Waals surface area contributed by atoms with Crippen LogP contribution in [0.5, 0.6) is 0 Å². The van der Waals surface area contributed by atoms with Crippen LogP contribution >= 0.6 is 12.4 Å². The van der Waals surface area contributed by atoms with Gasteiger partial charge in [-0.15, -0.1) is 12.4 Å². The van der Waals surface area contributed by atoms with Crippen molar-refractivity contribution in [3.05, 3.63) is 23.8 Å². The molecule has 1 atom stereocenters. The molecule has 2 fully saturated rings. The first-order chi connectivity index (χ1) is 12.1. The number of hydrogen-bond donors (Lipinski definition) is 3. The number of hydrogen-bond acceptors (Lipinski definition) is 4. The molecular formula is C19H29ClN4O2. The van der Waals surface area contributed by atoms with Gasteiger partial charge >= 0.3 is 0 Å². The molecule has 144 valence electrons. The van der Waals surface area contributed by atoms with Crippen molar-refractivity contribution in [2.45, 2.75) is 38.5 Å². The van der Waals surface area contributed by atoms with E-state index < -0.39 is 5.91 Å². The molecular weight excluding hydrogens is 352 g/mol. The molecule has 0 bridgehead atoms. The van der Waals surface area contributed by atoms with E-state index in [-0.39, 0.29) is 18.3 Å². The summed E-state index contributed by atoms with van der Waals surface area (Å²) in [6, 6.07) is 5.38. The standard InChI is InChI=1S/C19H28N4O2.ClH/c20-19(25)16-6-5-15(12-17(16)23-10-2-1-3-11-23)22-18(24)7-4-14-8-9-21-13-14;/h5-6,12,14,21H,1-4,7-11,13H2,(H2,20,25)(H,22,24);1H. The fourth-order valence-corrected chi connectivity index (χ4v) is 3.73.